The van der Waals surface area contributed by atoms with E-state index < -0.39 is 58.1 Å². The van der Waals surface area contributed by atoms with E-state index in [1.54, 1.807) is 53.5 Å². The van der Waals surface area contributed by atoms with Crippen molar-refractivity contribution in [3.8, 4) is 0 Å². The Balaban J connectivity index is 1.72. The van der Waals surface area contributed by atoms with Crippen LogP contribution in [0.3, 0.4) is 0 Å². The number of hydrogen-bond acceptors (Lipinski definition) is 16. The number of aliphatic carboxylic acids is 1. The first kappa shape index (κ1) is 43.5. The number of carbonyl (C=O) groups is 1. The topological polar surface area (TPSA) is 258 Å². The van der Waals surface area contributed by atoms with Crippen LogP contribution in [-0.2, 0) is 56.5 Å². The van der Waals surface area contributed by atoms with Gasteiger partial charge in [-0.15, -0.1) is 0 Å². The second-order valence-corrected chi connectivity index (χ2v) is 18.8. The van der Waals surface area contributed by atoms with Crippen LogP contribution in [0.15, 0.2) is 76.2 Å². The molecule has 0 radical (unpaired) electrons. The summed E-state index contributed by atoms with van der Waals surface area (Å²) in [6, 6.07) is 9.13. The molecule has 1 aromatic heterocycles. The Morgan fingerprint density at radius 3 is 2.33 bits per heavy atom. The minimum absolute atomic E-state index is 0.0259. The van der Waals surface area contributed by atoms with Crippen LogP contribution in [-0.4, -0.2) is 68.0 Å². The number of aryl methyl sites for hydroxylation is 1. The van der Waals surface area contributed by atoms with Gasteiger partial charge in [-0.1, -0.05) is 42.4 Å². The van der Waals surface area contributed by atoms with E-state index in [1.165, 1.54) is 29.5 Å². The molecule has 0 fully saturated rings. The van der Waals surface area contributed by atoms with Crippen LogP contribution in [0.1, 0.15) is 62.4 Å². The summed E-state index contributed by atoms with van der Waals surface area (Å²) in [7, 11) is -13.8. The van der Waals surface area contributed by atoms with Gasteiger partial charge in [0.1, 0.15) is 14.8 Å². The van der Waals surface area contributed by atoms with Gasteiger partial charge in [0.2, 0.25) is 5.52 Å². The van der Waals surface area contributed by atoms with Gasteiger partial charge < -0.3 is 28.9 Å². The molecule has 1 aliphatic rings. The van der Waals surface area contributed by atoms with E-state index >= 15 is 0 Å². The van der Waals surface area contributed by atoms with Crippen LogP contribution >= 0.6 is 23.4 Å². The van der Waals surface area contributed by atoms with Gasteiger partial charge in [-0.2, -0.15) is 8.90 Å². The number of nitrogens with zero attached hydrogens (tertiary/aromatic N) is 2. The monoisotopic (exact) mass is 845 g/mol. The summed E-state index contributed by atoms with van der Waals surface area (Å²) in [6.07, 6.45) is 10.6. The molecule has 2 aromatic carbocycles. The van der Waals surface area contributed by atoms with Crippen LogP contribution in [0.5, 0.6) is 0 Å². The predicted molar refractivity (Wildman–Crippen MR) is 194 cm³/mol. The zero-order valence-electron chi connectivity index (χ0n) is 28.8. The van der Waals surface area contributed by atoms with E-state index in [0.717, 1.165) is 10.2 Å². The summed E-state index contributed by atoms with van der Waals surface area (Å²) in [5, 5.41) is 23.5. The lowest BCUT2D eigenvalue weighted by molar-refractivity contribution is -0.777. The predicted octanol–water partition coefficient (Wildman–Crippen LogP) is 3.46. The number of rotatable bonds is 21. The van der Waals surface area contributed by atoms with Crippen LogP contribution < -0.4 is 14.7 Å². The van der Waals surface area contributed by atoms with Crippen molar-refractivity contribution in [2.45, 2.75) is 73.6 Å². The van der Waals surface area contributed by atoms with Gasteiger partial charge >= 0.3 is 5.97 Å². The Kier molecular flexibility index (Phi) is 15.0. The van der Waals surface area contributed by atoms with Crippen molar-refractivity contribution in [1.29, 1.82) is 0 Å². The van der Waals surface area contributed by atoms with Crippen molar-refractivity contribution in [3.63, 3.8) is 0 Å². The van der Waals surface area contributed by atoms with E-state index in [1.807, 2.05) is 11.5 Å². The van der Waals surface area contributed by atoms with Gasteiger partial charge in [0.25, 0.3) is 5.01 Å². The molecule has 0 amide bonds. The largest absolute Gasteiger partial charge is 0.748 e. The minimum atomic E-state index is -4.84. The molecule has 16 nitrogen and oxygen atoms in total. The molecule has 0 spiro atoms. The number of thiazole rings is 1. The standard InChI is InChI=1S/C33H40N2O14S5/c1-33(17-7-3-6-12-32(36)37)26-23-25(54(45,46)47)14-16-27(26)34(18-8-20-52(39,40)41)30(33)10-4-2-5-11-31-35(19-9-21-53(42,43)44)28-15-13-24(51-49-48-38)22-29(28)50-31/h2,4-5,10-11,13-16,22-23H,3,6-9,12,17-21H2,1H3,(H4-,36,37,38,39,40,41,42,43,44,45,46,47)/p-3. The fourth-order valence-electron chi connectivity index (χ4n) is 6.32. The average Bonchev–Trinajstić information content (AvgIpc) is 3.52. The van der Waals surface area contributed by atoms with Crippen LogP contribution in [0.4, 0.5) is 5.69 Å². The number of allylic oxidation sites excluding steroid dienone is 5. The molecule has 1 aliphatic heterocycles. The van der Waals surface area contributed by atoms with E-state index in [2.05, 4.69) is 9.37 Å². The Bertz CT molecular complexity index is 2250. The Hall–Kier alpha value is -3.22. The van der Waals surface area contributed by atoms with Gasteiger partial charge in [-0.3, -0.25) is 9.83 Å². The average molecular weight is 846 g/mol. The maximum atomic E-state index is 12.0. The number of aromatic nitrogens is 1. The normalized spacial score (nSPS) is 17.4. The first-order chi connectivity index (χ1) is 25.3. The fraction of sp³-hybridized carbons (Fsp3) is 0.394. The second kappa shape index (κ2) is 18.6. The van der Waals surface area contributed by atoms with E-state index in [0.29, 0.717) is 64.6 Å². The smallest absolute Gasteiger partial charge is 0.303 e. The van der Waals surface area contributed by atoms with Crippen molar-refractivity contribution in [1.82, 2.24) is 0 Å². The Morgan fingerprint density at radius 1 is 0.944 bits per heavy atom. The lowest BCUT2D eigenvalue weighted by Gasteiger charge is -2.30. The second-order valence-electron chi connectivity index (χ2n) is 12.5. The molecule has 2 heterocycles. The summed E-state index contributed by atoms with van der Waals surface area (Å²) in [4.78, 5) is 13.0. The first-order valence-corrected chi connectivity index (χ1v) is 22.6. The molecule has 4 rings (SSSR count). The number of benzene rings is 2. The maximum absolute atomic E-state index is 12.0. The van der Waals surface area contributed by atoms with E-state index in [-0.39, 0.29) is 32.4 Å². The third kappa shape index (κ3) is 12.1. The molecule has 54 heavy (non-hydrogen) atoms. The van der Waals surface area contributed by atoms with Gasteiger partial charge in [0.05, 0.1) is 37.2 Å². The van der Waals surface area contributed by atoms with E-state index in [9.17, 15) is 49.0 Å². The number of carboxylic acid groups (broad SMARTS) is 1. The molecule has 1 unspecified atom stereocenters. The lowest BCUT2D eigenvalue weighted by Crippen LogP contribution is -2.36. The van der Waals surface area contributed by atoms with Gasteiger partial charge in [-0.05, 0) is 68.2 Å². The molecular formula is C33H37N2O14S5-3. The quantitative estimate of drug-likeness (QED) is 0.0306. The van der Waals surface area contributed by atoms with Crippen molar-refractivity contribution >= 4 is 81.7 Å². The molecule has 0 bridgehead atoms. The zero-order valence-corrected chi connectivity index (χ0v) is 32.9. The van der Waals surface area contributed by atoms with Gasteiger partial charge in [0, 0.05) is 64.7 Å². The Labute approximate surface area is 321 Å². The summed E-state index contributed by atoms with van der Waals surface area (Å²) in [6.45, 7) is 2.14. The third-order valence-electron chi connectivity index (χ3n) is 8.69. The molecule has 1 N–H and O–H groups in total. The summed E-state index contributed by atoms with van der Waals surface area (Å²) < 4.78 is 111. The van der Waals surface area contributed by atoms with Crippen molar-refractivity contribution in [2.75, 3.05) is 23.0 Å². The molecule has 296 valence electrons. The maximum Gasteiger partial charge on any atom is 0.303 e. The van der Waals surface area contributed by atoms with Crippen molar-refractivity contribution in [3.05, 3.63) is 77.0 Å². The molecule has 21 heteroatoms. The highest BCUT2D eigenvalue weighted by atomic mass is 32.2. The number of unbranched alkanes of at least 4 members (excludes halogenated alkanes) is 2. The Morgan fingerprint density at radius 2 is 1.67 bits per heavy atom. The van der Waals surface area contributed by atoms with Crippen molar-refractivity contribution < 1.29 is 68.0 Å². The molecule has 0 saturated carbocycles. The number of fused-ring (bicyclic) bond motifs is 2. The molecule has 0 aliphatic carbocycles. The van der Waals surface area contributed by atoms with Crippen LogP contribution in [0, 0.1) is 0 Å². The molecule has 1 atom stereocenters. The molecular weight excluding hydrogens is 809 g/mol. The lowest BCUT2D eigenvalue weighted by atomic mass is 9.77. The third-order valence-corrected chi connectivity index (χ3v) is 12.8. The highest BCUT2D eigenvalue weighted by Crippen LogP contribution is 2.51. The van der Waals surface area contributed by atoms with Crippen LogP contribution in [0.2, 0.25) is 0 Å². The van der Waals surface area contributed by atoms with Crippen LogP contribution in [0.25, 0.3) is 16.3 Å². The summed E-state index contributed by atoms with van der Waals surface area (Å²) in [5.41, 5.74) is 1.50. The number of carboxylic acids is 1. The fourth-order valence-corrected chi connectivity index (χ4v) is 9.39. The number of hydrogen-bond donors (Lipinski definition) is 1. The first-order valence-electron chi connectivity index (χ1n) is 16.4. The molecule has 3 aromatic rings. The highest BCUT2D eigenvalue weighted by Gasteiger charge is 2.43. The summed E-state index contributed by atoms with van der Waals surface area (Å²) >= 11 is 2.06. The van der Waals surface area contributed by atoms with Gasteiger partial charge in [-0.25, -0.2) is 25.3 Å². The van der Waals surface area contributed by atoms with Gasteiger partial charge in [0.15, 0.2) is 6.54 Å². The zero-order chi connectivity index (χ0) is 39.7. The molecule has 0 saturated heterocycles. The number of anilines is 1. The minimum Gasteiger partial charge on any atom is -0.748 e. The highest BCUT2D eigenvalue weighted by molar-refractivity contribution is 7.94. The summed E-state index contributed by atoms with van der Waals surface area (Å²) in [5.74, 6) is -2.13. The van der Waals surface area contributed by atoms with Crippen molar-refractivity contribution in [2.24, 2.45) is 0 Å². The van der Waals surface area contributed by atoms with E-state index in [4.69, 9.17) is 5.11 Å². The SMILES string of the molecule is CC1(CCCCCC(=O)O)/C(=C/C=C/C=C/c2sc3cc(SOO[O-])ccc3[n+]2CCCS(=O)(=O)[O-])N(CCCS(=O)(=O)[O-])c2ccc(S(=O)(=O)[O-])cc21.